The van der Waals surface area contributed by atoms with E-state index in [1.807, 2.05) is 0 Å². The lowest BCUT2D eigenvalue weighted by atomic mass is 9.96. The number of sulfonamides is 1. The van der Waals surface area contributed by atoms with Crippen LogP contribution in [0.4, 0.5) is 4.39 Å². The fourth-order valence-electron chi connectivity index (χ4n) is 3.34. The summed E-state index contributed by atoms with van der Waals surface area (Å²) in [4.78, 5) is -0.0756. The number of hydrogen-bond donors (Lipinski definition) is 2. The predicted octanol–water partition coefficient (Wildman–Crippen LogP) is 1.91. The van der Waals surface area contributed by atoms with Crippen molar-refractivity contribution in [2.45, 2.75) is 30.6 Å². The summed E-state index contributed by atoms with van der Waals surface area (Å²) in [6.07, 6.45) is 3.91. The summed E-state index contributed by atoms with van der Waals surface area (Å²) in [5, 5.41) is 3.31. The second-order valence-corrected chi connectivity index (χ2v) is 8.80. The zero-order valence-corrected chi connectivity index (χ0v) is 15.7. The molecule has 2 atom stereocenters. The molecule has 2 N–H and O–H groups in total. The highest BCUT2D eigenvalue weighted by Gasteiger charge is 2.20. The number of rotatable bonds is 8. The van der Waals surface area contributed by atoms with Gasteiger partial charge in [-0.3, -0.25) is 0 Å². The Morgan fingerprint density at radius 2 is 2.19 bits per heavy atom. The van der Waals surface area contributed by atoms with Crippen LogP contribution in [0.1, 0.15) is 25.7 Å². The van der Waals surface area contributed by atoms with Crippen LogP contribution >= 0.6 is 0 Å². The lowest BCUT2D eigenvalue weighted by Crippen LogP contribution is -2.33. The number of piperidine rings is 1. The quantitative estimate of drug-likeness (QED) is 0.714. The molecule has 146 valence electrons. The maximum Gasteiger partial charge on any atom is 0.240 e. The van der Waals surface area contributed by atoms with Gasteiger partial charge in [-0.1, -0.05) is 0 Å². The molecule has 2 heterocycles. The molecule has 0 saturated carbocycles. The van der Waals surface area contributed by atoms with Crippen LogP contribution in [-0.4, -0.2) is 47.9 Å². The van der Waals surface area contributed by atoms with Gasteiger partial charge < -0.3 is 14.8 Å². The molecule has 0 amide bonds. The van der Waals surface area contributed by atoms with E-state index in [1.165, 1.54) is 12.1 Å². The number of benzene rings is 1. The van der Waals surface area contributed by atoms with Crippen molar-refractivity contribution in [1.82, 2.24) is 10.0 Å². The summed E-state index contributed by atoms with van der Waals surface area (Å²) in [5.74, 6) is 0.152. The van der Waals surface area contributed by atoms with E-state index in [0.717, 1.165) is 44.8 Å². The van der Waals surface area contributed by atoms with E-state index in [-0.39, 0.29) is 16.6 Å². The van der Waals surface area contributed by atoms with E-state index < -0.39 is 15.8 Å². The van der Waals surface area contributed by atoms with E-state index in [4.69, 9.17) is 9.47 Å². The van der Waals surface area contributed by atoms with Crippen molar-refractivity contribution in [3.63, 3.8) is 0 Å². The first-order chi connectivity index (χ1) is 12.5. The van der Waals surface area contributed by atoms with Crippen LogP contribution in [-0.2, 0) is 14.8 Å². The minimum atomic E-state index is -3.72. The highest BCUT2D eigenvalue weighted by atomic mass is 32.2. The molecule has 1 aromatic carbocycles. The second-order valence-electron chi connectivity index (χ2n) is 7.03. The lowest BCUT2D eigenvalue weighted by Gasteiger charge is -2.22. The minimum absolute atomic E-state index is 0.0733. The highest BCUT2D eigenvalue weighted by Crippen LogP contribution is 2.23. The molecule has 2 aliphatic heterocycles. The Balaban J connectivity index is 1.52. The molecule has 0 radical (unpaired) electrons. The smallest absolute Gasteiger partial charge is 0.240 e. The van der Waals surface area contributed by atoms with Crippen molar-refractivity contribution < 1.29 is 22.3 Å². The molecule has 2 fully saturated rings. The van der Waals surface area contributed by atoms with Crippen LogP contribution in [0.2, 0.25) is 0 Å². The molecule has 2 aliphatic rings. The van der Waals surface area contributed by atoms with E-state index in [2.05, 4.69) is 10.0 Å². The van der Waals surface area contributed by atoms with Gasteiger partial charge in [0.2, 0.25) is 10.0 Å². The third kappa shape index (κ3) is 5.39. The van der Waals surface area contributed by atoms with E-state index in [1.54, 1.807) is 0 Å². The molecule has 6 nitrogen and oxygen atoms in total. The van der Waals surface area contributed by atoms with Gasteiger partial charge in [-0.25, -0.2) is 17.5 Å². The first kappa shape index (κ1) is 19.5. The third-order valence-corrected chi connectivity index (χ3v) is 6.41. The van der Waals surface area contributed by atoms with Crippen LogP contribution in [0.15, 0.2) is 23.1 Å². The number of halogens is 1. The van der Waals surface area contributed by atoms with Crippen LogP contribution in [0.3, 0.4) is 0 Å². The Hall–Kier alpha value is -1.22. The summed E-state index contributed by atoms with van der Waals surface area (Å²) in [7, 11) is -3.72. The van der Waals surface area contributed by atoms with E-state index in [9.17, 15) is 12.8 Å². The molecule has 1 aromatic rings. The SMILES string of the molecule is O=S(=O)(NCCC1CCCNC1)c1ccc(OCC2CCOC2)c(F)c1. The van der Waals surface area contributed by atoms with Crippen molar-refractivity contribution in [2.75, 3.05) is 39.5 Å². The van der Waals surface area contributed by atoms with Gasteiger partial charge in [0.15, 0.2) is 11.6 Å². The van der Waals surface area contributed by atoms with Gasteiger partial charge in [-0.2, -0.15) is 0 Å². The number of ether oxygens (including phenoxy) is 2. The monoisotopic (exact) mass is 386 g/mol. The summed E-state index contributed by atoms with van der Waals surface area (Å²) >= 11 is 0. The second kappa shape index (κ2) is 9.12. The van der Waals surface area contributed by atoms with Crippen molar-refractivity contribution in [1.29, 1.82) is 0 Å². The van der Waals surface area contributed by atoms with E-state index >= 15 is 0 Å². The highest BCUT2D eigenvalue weighted by molar-refractivity contribution is 7.89. The van der Waals surface area contributed by atoms with Gasteiger partial charge in [0.25, 0.3) is 0 Å². The van der Waals surface area contributed by atoms with Gasteiger partial charge in [0.1, 0.15) is 0 Å². The molecule has 0 spiro atoms. The number of nitrogens with one attached hydrogen (secondary N) is 2. The Labute approximate surface area is 154 Å². The molecular formula is C18H27FN2O4S. The molecular weight excluding hydrogens is 359 g/mol. The lowest BCUT2D eigenvalue weighted by molar-refractivity contribution is 0.165. The summed E-state index contributed by atoms with van der Waals surface area (Å²) in [6, 6.07) is 3.78. The van der Waals surface area contributed by atoms with Crippen molar-refractivity contribution in [3.8, 4) is 5.75 Å². The zero-order valence-electron chi connectivity index (χ0n) is 14.9. The average Bonchev–Trinajstić information content (AvgIpc) is 3.15. The van der Waals surface area contributed by atoms with Gasteiger partial charge in [-0.15, -0.1) is 0 Å². The van der Waals surface area contributed by atoms with Crippen LogP contribution in [0, 0.1) is 17.7 Å². The molecule has 8 heteroatoms. The van der Waals surface area contributed by atoms with Gasteiger partial charge in [-0.05, 0) is 62.9 Å². The average molecular weight is 386 g/mol. The molecule has 0 aromatic heterocycles. The first-order valence-electron chi connectivity index (χ1n) is 9.25. The van der Waals surface area contributed by atoms with E-state index in [0.29, 0.717) is 32.3 Å². The molecule has 0 bridgehead atoms. The third-order valence-electron chi connectivity index (χ3n) is 4.96. The largest absolute Gasteiger partial charge is 0.490 e. The first-order valence-corrected chi connectivity index (χ1v) is 10.7. The molecule has 26 heavy (non-hydrogen) atoms. The standard InChI is InChI=1S/C18H27FN2O4S/c19-17-10-16(3-4-18(17)25-13-15-6-9-24-12-15)26(22,23)21-8-5-14-2-1-7-20-11-14/h3-4,10,14-15,20-21H,1-2,5-9,11-13H2. The van der Waals surface area contributed by atoms with Crippen LogP contribution in [0.5, 0.6) is 5.75 Å². The van der Waals surface area contributed by atoms with Crippen molar-refractivity contribution >= 4 is 10.0 Å². The number of hydrogen-bond acceptors (Lipinski definition) is 5. The Morgan fingerprint density at radius 3 is 2.88 bits per heavy atom. The van der Waals surface area contributed by atoms with Gasteiger partial charge in [0.05, 0.1) is 18.1 Å². The van der Waals surface area contributed by atoms with Crippen LogP contribution < -0.4 is 14.8 Å². The fraction of sp³-hybridized carbons (Fsp3) is 0.667. The van der Waals surface area contributed by atoms with Crippen molar-refractivity contribution in [3.05, 3.63) is 24.0 Å². The Kier molecular flexibility index (Phi) is 6.86. The fourth-order valence-corrected chi connectivity index (χ4v) is 4.40. The Morgan fingerprint density at radius 1 is 1.31 bits per heavy atom. The summed E-state index contributed by atoms with van der Waals surface area (Å²) < 4.78 is 52.2. The predicted molar refractivity (Wildman–Crippen MR) is 96.2 cm³/mol. The van der Waals surface area contributed by atoms with Gasteiger partial charge >= 0.3 is 0 Å². The van der Waals surface area contributed by atoms with Gasteiger partial charge in [0, 0.05) is 19.1 Å². The molecule has 2 unspecified atom stereocenters. The maximum atomic E-state index is 14.2. The summed E-state index contributed by atoms with van der Waals surface area (Å²) in [5.41, 5.74) is 0. The minimum Gasteiger partial charge on any atom is -0.490 e. The topological polar surface area (TPSA) is 76.7 Å². The Bertz CT molecular complexity index is 686. The zero-order chi connectivity index (χ0) is 18.4. The molecule has 3 rings (SSSR count). The van der Waals surface area contributed by atoms with Crippen LogP contribution in [0.25, 0.3) is 0 Å². The molecule has 0 aliphatic carbocycles. The van der Waals surface area contributed by atoms with Crippen molar-refractivity contribution in [2.24, 2.45) is 11.8 Å². The normalized spacial score (nSPS) is 23.9. The maximum absolute atomic E-state index is 14.2. The summed E-state index contributed by atoms with van der Waals surface area (Å²) in [6.45, 7) is 4.01. The molecule has 2 saturated heterocycles.